The molecule has 0 saturated carbocycles. The second-order valence-corrected chi connectivity index (χ2v) is 7.15. The van der Waals surface area contributed by atoms with Crippen molar-refractivity contribution in [3.8, 4) is 0 Å². The minimum atomic E-state index is -0.389. The lowest BCUT2D eigenvalue weighted by Gasteiger charge is -2.33. The second kappa shape index (κ2) is 7.38. The van der Waals surface area contributed by atoms with Gasteiger partial charge in [-0.25, -0.2) is 15.0 Å². The summed E-state index contributed by atoms with van der Waals surface area (Å²) in [5, 5.41) is 15.2. The molecule has 4 rings (SSSR count). The summed E-state index contributed by atoms with van der Waals surface area (Å²) in [6, 6.07) is 10.9. The molecule has 8 heteroatoms. The van der Waals surface area contributed by atoms with Crippen molar-refractivity contribution in [3.05, 3.63) is 58.0 Å². The number of aryl methyl sites for hydroxylation is 2. The van der Waals surface area contributed by atoms with E-state index in [4.69, 9.17) is 0 Å². The number of hydrogen-bond donors (Lipinski definition) is 1. The highest BCUT2D eigenvalue weighted by molar-refractivity contribution is 5.82. The number of rotatable bonds is 4. The highest BCUT2D eigenvalue weighted by Gasteiger charge is 2.21. The zero-order chi connectivity index (χ0) is 19.7. The van der Waals surface area contributed by atoms with Crippen LogP contribution in [0.15, 0.2) is 36.4 Å². The smallest absolute Gasteiger partial charge is 0.270 e. The van der Waals surface area contributed by atoms with Crippen molar-refractivity contribution in [3.63, 3.8) is 0 Å². The van der Waals surface area contributed by atoms with Crippen molar-refractivity contribution in [2.45, 2.75) is 32.7 Å². The van der Waals surface area contributed by atoms with Gasteiger partial charge in [0.25, 0.3) is 5.69 Å². The Morgan fingerprint density at radius 1 is 1.07 bits per heavy atom. The van der Waals surface area contributed by atoms with Crippen LogP contribution in [0.1, 0.15) is 24.4 Å². The molecular weight excluding hydrogens is 356 g/mol. The highest BCUT2D eigenvalue weighted by atomic mass is 16.6. The molecule has 0 amide bonds. The van der Waals surface area contributed by atoms with E-state index in [0.29, 0.717) is 6.04 Å². The van der Waals surface area contributed by atoms with Crippen LogP contribution in [-0.4, -0.2) is 39.0 Å². The Kier molecular flexibility index (Phi) is 4.77. The average molecular weight is 378 g/mol. The van der Waals surface area contributed by atoms with Crippen LogP contribution in [0.4, 0.5) is 17.3 Å². The number of nitrogens with one attached hydrogen (secondary N) is 1. The van der Waals surface area contributed by atoms with Crippen molar-refractivity contribution in [2.75, 3.05) is 23.3 Å². The van der Waals surface area contributed by atoms with E-state index in [2.05, 4.69) is 25.2 Å². The molecule has 3 heterocycles. The van der Waals surface area contributed by atoms with E-state index >= 15 is 0 Å². The van der Waals surface area contributed by atoms with Crippen LogP contribution in [0.25, 0.3) is 10.9 Å². The first-order chi connectivity index (χ1) is 13.5. The lowest BCUT2D eigenvalue weighted by molar-refractivity contribution is -0.384. The van der Waals surface area contributed by atoms with Gasteiger partial charge in [-0.1, -0.05) is 0 Å². The predicted octanol–water partition coefficient (Wildman–Crippen LogP) is 3.63. The van der Waals surface area contributed by atoms with Crippen molar-refractivity contribution in [2.24, 2.45) is 0 Å². The summed E-state index contributed by atoms with van der Waals surface area (Å²) in [7, 11) is 0. The molecular formula is C20H22N6O2. The van der Waals surface area contributed by atoms with E-state index in [0.717, 1.165) is 60.0 Å². The zero-order valence-electron chi connectivity index (χ0n) is 15.9. The number of aromatic nitrogens is 3. The minimum Gasteiger partial charge on any atom is -0.367 e. The average Bonchev–Trinajstić information content (AvgIpc) is 2.67. The van der Waals surface area contributed by atoms with Crippen molar-refractivity contribution >= 4 is 28.2 Å². The number of fused-ring (bicyclic) bond motifs is 1. The fourth-order valence-corrected chi connectivity index (χ4v) is 3.63. The fourth-order valence-electron chi connectivity index (χ4n) is 3.63. The van der Waals surface area contributed by atoms with Gasteiger partial charge in [0.2, 0.25) is 0 Å². The molecule has 1 aliphatic rings. The summed E-state index contributed by atoms with van der Waals surface area (Å²) in [5.74, 6) is 2.60. The third-order valence-electron chi connectivity index (χ3n) is 5.01. The molecule has 144 valence electrons. The predicted molar refractivity (Wildman–Crippen MR) is 109 cm³/mol. The number of nitro groups is 1. The molecule has 1 saturated heterocycles. The molecule has 0 radical (unpaired) electrons. The molecule has 0 bridgehead atoms. The third kappa shape index (κ3) is 3.85. The first-order valence-electron chi connectivity index (χ1n) is 9.37. The van der Waals surface area contributed by atoms with Crippen LogP contribution >= 0.6 is 0 Å². The third-order valence-corrected chi connectivity index (χ3v) is 5.01. The first-order valence-corrected chi connectivity index (χ1v) is 9.37. The lowest BCUT2D eigenvalue weighted by Crippen LogP contribution is -2.39. The van der Waals surface area contributed by atoms with Gasteiger partial charge in [0.1, 0.15) is 17.5 Å². The van der Waals surface area contributed by atoms with Gasteiger partial charge in [0.05, 0.1) is 10.4 Å². The summed E-state index contributed by atoms with van der Waals surface area (Å²) in [6.07, 6.45) is 1.98. The summed E-state index contributed by atoms with van der Waals surface area (Å²) < 4.78 is 0. The maximum absolute atomic E-state index is 10.9. The molecule has 1 aromatic carbocycles. The zero-order valence-corrected chi connectivity index (χ0v) is 15.9. The summed E-state index contributed by atoms with van der Waals surface area (Å²) in [5.41, 5.74) is 1.82. The van der Waals surface area contributed by atoms with E-state index in [1.807, 2.05) is 32.0 Å². The number of pyridine rings is 1. The van der Waals surface area contributed by atoms with E-state index in [-0.39, 0.29) is 10.6 Å². The van der Waals surface area contributed by atoms with Crippen LogP contribution in [0.2, 0.25) is 0 Å². The number of nitro benzene ring substituents is 1. The van der Waals surface area contributed by atoms with E-state index in [9.17, 15) is 10.1 Å². The summed E-state index contributed by atoms with van der Waals surface area (Å²) >= 11 is 0. The Bertz CT molecular complexity index is 1010. The Balaban J connectivity index is 1.41. The summed E-state index contributed by atoms with van der Waals surface area (Å²) in [6.45, 7) is 5.76. The number of anilines is 2. The van der Waals surface area contributed by atoms with Gasteiger partial charge in [-0.2, -0.15) is 0 Å². The number of hydrogen-bond acceptors (Lipinski definition) is 7. The Morgan fingerprint density at radius 3 is 2.57 bits per heavy atom. The van der Waals surface area contributed by atoms with E-state index in [1.54, 1.807) is 12.1 Å². The van der Waals surface area contributed by atoms with Gasteiger partial charge in [0.15, 0.2) is 0 Å². The molecule has 2 aromatic heterocycles. The molecule has 0 spiro atoms. The Hall–Kier alpha value is -3.29. The van der Waals surface area contributed by atoms with Gasteiger partial charge in [0, 0.05) is 48.4 Å². The molecule has 8 nitrogen and oxygen atoms in total. The maximum atomic E-state index is 10.9. The number of nitrogens with zero attached hydrogens (tertiary/aromatic N) is 5. The SMILES string of the molecule is Cc1cc(N2CCC(Nc3ccc4cc([N+](=O)[O-])ccc4n3)CC2)nc(C)n1. The van der Waals surface area contributed by atoms with Crippen LogP contribution < -0.4 is 10.2 Å². The van der Waals surface area contributed by atoms with Crippen LogP contribution in [0, 0.1) is 24.0 Å². The van der Waals surface area contributed by atoms with Crippen molar-refractivity contribution in [1.82, 2.24) is 15.0 Å². The van der Waals surface area contributed by atoms with Crippen molar-refractivity contribution in [1.29, 1.82) is 0 Å². The lowest BCUT2D eigenvalue weighted by atomic mass is 10.0. The molecule has 0 unspecified atom stereocenters. The fraction of sp³-hybridized carbons (Fsp3) is 0.350. The number of non-ortho nitro benzene ring substituents is 1. The van der Waals surface area contributed by atoms with E-state index < -0.39 is 0 Å². The Labute approximate surface area is 162 Å². The quantitative estimate of drug-likeness (QED) is 0.547. The number of benzene rings is 1. The monoisotopic (exact) mass is 378 g/mol. The van der Waals surface area contributed by atoms with Gasteiger partial charge >= 0.3 is 0 Å². The topological polar surface area (TPSA) is 97.1 Å². The molecule has 1 aliphatic heterocycles. The second-order valence-electron chi connectivity index (χ2n) is 7.15. The summed E-state index contributed by atoms with van der Waals surface area (Å²) in [4.78, 5) is 26.3. The molecule has 1 fully saturated rings. The van der Waals surface area contributed by atoms with Crippen LogP contribution in [0.5, 0.6) is 0 Å². The highest BCUT2D eigenvalue weighted by Crippen LogP contribution is 2.24. The number of piperidine rings is 1. The molecule has 0 aliphatic carbocycles. The first kappa shape index (κ1) is 18.1. The maximum Gasteiger partial charge on any atom is 0.270 e. The molecule has 1 N–H and O–H groups in total. The van der Waals surface area contributed by atoms with Gasteiger partial charge < -0.3 is 10.2 Å². The van der Waals surface area contributed by atoms with Crippen LogP contribution in [-0.2, 0) is 0 Å². The normalized spacial score (nSPS) is 15.0. The van der Waals surface area contributed by atoms with Gasteiger partial charge in [-0.3, -0.25) is 10.1 Å². The molecule has 28 heavy (non-hydrogen) atoms. The van der Waals surface area contributed by atoms with Gasteiger partial charge in [-0.05, 0) is 44.9 Å². The largest absolute Gasteiger partial charge is 0.367 e. The Morgan fingerprint density at radius 2 is 1.86 bits per heavy atom. The molecule has 0 atom stereocenters. The van der Waals surface area contributed by atoms with Crippen LogP contribution in [0.3, 0.4) is 0 Å². The van der Waals surface area contributed by atoms with Crippen molar-refractivity contribution < 1.29 is 4.92 Å². The molecule has 3 aromatic rings. The minimum absolute atomic E-state index is 0.0811. The van der Waals surface area contributed by atoms with Gasteiger partial charge in [-0.15, -0.1) is 0 Å². The standard InChI is InChI=1S/C20H22N6O2/c1-13-11-20(22-14(2)21-13)25-9-7-16(8-10-25)23-19-6-3-15-12-17(26(27)28)4-5-18(15)24-19/h3-6,11-12,16H,7-10H2,1-2H3,(H,23,24). The van der Waals surface area contributed by atoms with E-state index in [1.165, 1.54) is 6.07 Å².